The maximum absolute atomic E-state index is 12.4. The van der Waals surface area contributed by atoms with Crippen molar-refractivity contribution in [2.45, 2.75) is 0 Å². The van der Waals surface area contributed by atoms with Gasteiger partial charge in [0.05, 0.1) is 18.5 Å². The zero-order valence-corrected chi connectivity index (χ0v) is 11.8. The molecule has 0 unspecified atom stereocenters. The molecule has 7 heteroatoms. The summed E-state index contributed by atoms with van der Waals surface area (Å²) in [5.41, 5.74) is 1.82. The second kappa shape index (κ2) is 6.04. The number of ether oxygens (including phenoxy) is 1. The number of methoxy groups -OCH3 is 1. The molecule has 0 fully saturated rings. The molecule has 1 heterocycles. The number of carbonyl (C=O) groups excluding carboxylic acids is 1. The summed E-state index contributed by atoms with van der Waals surface area (Å²) in [6.45, 7) is 0. The summed E-state index contributed by atoms with van der Waals surface area (Å²) >= 11 is 0. The van der Waals surface area contributed by atoms with Crippen molar-refractivity contribution in [1.82, 2.24) is 20.2 Å². The molecule has 22 heavy (non-hydrogen) atoms. The highest BCUT2D eigenvalue weighted by molar-refractivity contribution is 6.05. The number of amides is 1. The van der Waals surface area contributed by atoms with Crippen LogP contribution in [-0.2, 0) is 0 Å². The lowest BCUT2D eigenvalue weighted by Gasteiger charge is -2.10. The molecule has 0 saturated carbocycles. The molecule has 0 saturated heterocycles. The average molecular weight is 295 g/mol. The number of aromatic nitrogens is 4. The molecular weight excluding hydrogens is 282 g/mol. The van der Waals surface area contributed by atoms with Crippen LogP contribution in [0, 0.1) is 0 Å². The molecule has 0 bridgehead atoms. The largest absolute Gasteiger partial charge is 0.495 e. The van der Waals surface area contributed by atoms with Crippen molar-refractivity contribution in [2.75, 3.05) is 12.4 Å². The van der Waals surface area contributed by atoms with E-state index >= 15 is 0 Å². The van der Waals surface area contributed by atoms with Gasteiger partial charge in [0, 0.05) is 5.56 Å². The first kappa shape index (κ1) is 13.7. The van der Waals surface area contributed by atoms with Gasteiger partial charge < -0.3 is 10.1 Å². The third-order valence-corrected chi connectivity index (χ3v) is 3.08. The summed E-state index contributed by atoms with van der Waals surface area (Å²) in [4.78, 5) is 12.4. The molecule has 0 aliphatic carbocycles. The van der Waals surface area contributed by atoms with Crippen LogP contribution in [0.25, 0.3) is 5.69 Å². The second-order valence-electron chi connectivity index (χ2n) is 4.46. The minimum atomic E-state index is -0.237. The fraction of sp³-hybridized carbons (Fsp3) is 0.0667. The summed E-state index contributed by atoms with van der Waals surface area (Å²) in [7, 11) is 1.56. The Morgan fingerprint density at radius 3 is 2.82 bits per heavy atom. The van der Waals surface area contributed by atoms with Gasteiger partial charge in [-0.05, 0) is 40.8 Å². The Labute approximate surface area is 126 Å². The van der Waals surface area contributed by atoms with Crippen LogP contribution in [0.1, 0.15) is 10.4 Å². The fourth-order valence-corrected chi connectivity index (χ4v) is 2.01. The van der Waals surface area contributed by atoms with Gasteiger partial charge >= 0.3 is 0 Å². The zero-order chi connectivity index (χ0) is 15.4. The van der Waals surface area contributed by atoms with Gasteiger partial charge in [0.2, 0.25) is 0 Å². The van der Waals surface area contributed by atoms with E-state index in [0.717, 1.165) is 0 Å². The van der Waals surface area contributed by atoms with Crippen LogP contribution < -0.4 is 10.1 Å². The first-order valence-corrected chi connectivity index (χ1v) is 6.56. The van der Waals surface area contributed by atoms with Crippen LogP contribution >= 0.6 is 0 Å². The number of nitrogens with zero attached hydrogens (tertiary/aromatic N) is 4. The molecule has 0 aliphatic rings. The van der Waals surface area contributed by atoms with Gasteiger partial charge in [0.15, 0.2) is 0 Å². The van der Waals surface area contributed by atoms with E-state index in [0.29, 0.717) is 22.7 Å². The Morgan fingerprint density at radius 1 is 1.18 bits per heavy atom. The molecule has 1 N–H and O–H groups in total. The third-order valence-electron chi connectivity index (χ3n) is 3.08. The quantitative estimate of drug-likeness (QED) is 0.795. The lowest BCUT2D eigenvalue weighted by atomic mass is 10.2. The van der Waals surface area contributed by atoms with E-state index in [2.05, 4.69) is 20.8 Å². The Balaban J connectivity index is 1.85. The minimum absolute atomic E-state index is 0.237. The topological polar surface area (TPSA) is 81.9 Å². The number of hydrogen-bond acceptors (Lipinski definition) is 5. The van der Waals surface area contributed by atoms with E-state index in [1.165, 1.54) is 11.0 Å². The smallest absolute Gasteiger partial charge is 0.255 e. The van der Waals surface area contributed by atoms with Gasteiger partial charge in [0.25, 0.3) is 5.91 Å². The SMILES string of the molecule is COc1ccccc1NC(=O)c1cccc(-n2cnnn2)c1. The Kier molecular flexibility index (Phi) is 3.78. The predicted octanol–water partition coefficient (Wildman–Crippen LogP) is 1.92. The average Bonchev–Trinajstić information content (AvgIpc) is 3.10. The van der Waals surface area contributed by atoms with Gasteiger partial charge in [-0.3, -0.25) is 4.79 Å². The number of rotatable bonds is 4. The third kappa shape index (κ3) is 2.78. The van der Waals surface area contributed by atoms with Crippen molar-refractivity contribution in [2.24, 2.45) is 0 Å². The maximum atomic E-state index is 12.4. The van der Waals surface area contributed by atoms with E-state index in [1.807, 2.05) is 18.2 Å². The lowest BCUT2D eigenvalue weighted by molar-refractivity contribution is 0.102. The number of tetrazole rings is 1. The molecule has 3 rings (SSSR count). The minimum Gasteiger partial charge on any atom is -0.495 e. The molecule has 110 valence electrons. The number of benzene rings is 2. The van der Waals surface area contributed by atoms with Crippen LogP contribution in [0.2, 0.25) is 0 Å². The van der Waals surface area contributed by atoms with Crippen molar-refractivity contribution in [3.05, 3.63) is 60.4 Å². The Bertz CT molecular complexity index is 786. The van der Waals surface area contributed by atoms with Crippen LogP contribution in [0.5, 0.6) is 5.75 Å². The molecular formula is C15H13N5O2. The van der Waals surface area contributed by atoms with Gasteiger partial charge in [-0.15, -0.1) is 5.10 Å². The summed E-state index contributed by atoms with van der Waals surface area (Å²) < 4.78 is 6.71. The first-order chi connectivity index (χ1) is 10.8. The van der Waals surface area contributed by atoms with Gasteiger partial charge in [0.1, 0.15) is 12.1 Å². The highest BCUT2D eigenvalue weighted by atomic mass is 16.5. The molecule has 7 nitrogen and oxygen atoms in total. The fourth-order valence-electron chi connectivity index (χ4n) is 2.01. The molecule has 1 aromatic heterocycles. The van der Waals surface area contributed by atoms with Crippen LogP contribution in [0.4, 0.5) is 5.69 Å². The first-order valence-electron chi connectivity index (χ1n) is 6.56. The van der Waals surface area contributed by atoms with E-state index in [4.69, 9.17) is 4.74 Å². The van der Waals surface area contributed by atoms with Gasteiger partial charge in [-0.1, -0.05) is 18.2 Å². The normalized spacial score (nSPS) is 10.2. The number of nitrogens with one attached hydrogen (secondary N) is 1. The molecule has 2 aromatic carbocycles. The van der Waals surface area contributed by atoms with E-state index in [-0.39, 0.29) is 5.91 Å². The summed E-state index contributed by atoms with van der Waals surface area (Å²) in [6, 6.07) is 14.3. The van der Waals surface area contributed by atoms with Crippen molar-refractivity contribution >= 4 is 11.6 Å². The summed E-state index contributed by atoms with van der Waals surface area (Å²) in [5.74, 6) is 0.368. The van der Waals surface area contributed by atoms with Crippen molar-refractivity contribution in [3.63, 3.8) is 0 Å². The van der Waals surface area contributed by atoms with Gasteiger partial charge in [-0.2, -0.15) is 0 Å². The standard InChI is InChI=1S/C15H13N5O2/c1-22-14-8-3-2-7-13(14)17-15(21)11-5-4-6-12(9-11)20-10-16-18-19-20/h2-10H,1H3,(H,17,21). The maximum Gasteiger partial charge on any atom is 0.255 e. The second-order valence-corrected chi connectivity index (χ2v) is 4.46. The highest BCUT2D eigenvalue weighted by Crippen LogP contribution is 2.23. The van der Waals surface area contributed by atoms with Crippen LogP contribution in [0.3, 0.4) is 0 Å². The van der Waals surface area contributed by atoms with E-state index in [1.54, 1.807) is 37.4 Å². The van der Waals surface area contributed by atoms with Crippen LogP contribution in [0.15, 0.2) is 54.9 Å². The number of para-hydroxylation sites is 2. The van der Waals surface area contributed by atoms with E-state index < -0.39 is 0 Å². The van der Waals surface area contributed by atoms with Gasteiger partial charge in [-0.25, -0.2) is 4.68 Å². The zero-order valence-electron chi connectivity index (χ0n) is 11.8. The number of carbonyl (C=O) groups is 1. The summed E-state index contributed by atoms with van der Waals surface area (Å²) in [5, 5.41) is 13.8. The van der Waals surface area contributed by atoms with Crippen molar-refractivity contribution in [1.29, 1.82) is 0 Å². The molecule has 0 radical (unpaired) electrons. The van der Waals surface area contributed by atoms with Crippen molar-refractivity contribution in [3.8, 4) is 11.4 Å². The predicted molar refractivity (Wildman–Crippen MR) is 80.1 cm³/mol. The monoisotopic (exact) mass is 295 g/mol. The lowest BCUT2D eigenvalue weighted by Crippen LogP contribution is -2.13. The molecule has 0 spiro atoms. The highest BCUT2D eigenvalue weighted by Gasteiger charge is 2.10. The Morgan fingerprint density at radius 2 is 2.05 bits per heavy atom. The van der Waals surface area contributed by atoms with Crippen LogP contribution in [-0.4, -0.2) is 33.2 Å². The van der Waals surface area contributed by atoms with E-state index in [9.17, 15) is 4.79 Å². The molecule has 0 aliphatic heterocycles. The molecule has 0 atom stereocenters. The molecule has 1 amide bonds. The number of hydrogen-bond donors (Lipinski definition) is 1. The Hall–Kier alpha value is -3.22. The summed E-state index contributed by atoms with van der Waals surface area (Å²) in [6.07, 6.45) is 1.47. The van der Waals surface area contributed by atoms with Crippen molar-refractivity contribution < 1.29 is 9.53 Å². The number of anilines is 1. The molecule has 3 aromatic rings.